The molecule has 2 aromatic rings. The molecule has 0 aliphatic carbocycles. The van der Waals surface area contributed by atoms with E-state index in [4.69, 9.17) is 23.2 Å². The summed E-state index contributed by atoms with van der Waals surface area (Å²) < 4.78 is 0. The number of aromatic nitrogens is 2. The summed E-state index contributed by atoms with van der Waals surface area (Å²) in [6.07, 6.45) is 0. The van der Waals surface area contributed by atoms with Gasteiger partial charge in [0.25, 0.3) is 5.91 Å². The van der Waals surface area contributed by atoms with Gasteiger partial charge in [-0.1, -0.05) is 23.7 Å². The van der Waals surface area contributed by atoms with Crippen LogP contribution in [0.2, 0.25) is 5.02 Å². The van der Waals surface area contributed by atoms with E-state index in [1.807, 2.05) is 0 Å². The van der Waals surface area contributed by atoms with E-state index in [2.05, 4.69) is 15.4 Å². The summed E-state index contributed by atoms with van der Waals surface area (Å²) in [4.78, 5) is 19.9. The predicted molar refractivity (Wildman–Crippen MR) is 73.3 cm³/mol. The highest BCUT2D eigenvalue weighted by Gasteiger charge is 2.18. The molecule has 0 atom stereocenters. The fourth-order valence-corrected chi connectivity index (χ4v) is 1.97. The number of aryl methyl sites for hydroxylation is 1. The Labute approximate surface area is 114 Å². The van der Waals surface area contributed by atoms with Crippen molar-refractivity contribution in [1.82, 2.24) is 15.4 Å². The SMILES string of the molecule is Cc1nc(N)nc(-c2cccc(Cl)c2)c1C(=O)NN. The van der Waals surface area contributed by atoms with Crippen molar-refractivity contribution in [2.75, 3.05) is 5.73 Å². The van der Waals surface area contributed by atoms with Gasteiger partial charge in [0.2, 0.25) is 5.95 Å². The first-order valence-corrected chi connectivity index (χ1v) is 5.81. The van der Waals surface area contributed by atoms with Crippen LogP contribution in [-0.4, -0.2) is 15.9 Å². The number of carbonyl (C=O) groups excluding carboxylic acids is 1. The normalized spacial score (nSPS) is 10.3. The Bertz CT molecular complexity index is 644. The summed E-state index contributed by atoms with van der Waals surface area (Å²) in [5.74, 6) is 4.78. The second-order valence-corrected chi connectivity index (χ2v) is 4.31. The van der Waals surface area contributed by atoms with E-state index in [-0.39, 0.29) is 11.5 Å². The van der Waals surface area contributed by atoms with Crippen molar-refractivity contribution in [2.45, 2.75) is 6.92 Å². The lowest BCUT2D eigenvalue weighted by Crippen LogP contribution is -2.31. The van der Waals surface area contributed by atoms with Gasteiger partial charge in [0.1, 0.15) is 0 Å². The summed E-state index contributed by atoms with van der Waals surface area (Å²) in [5.41, 5.74) is 9.50. The monoisotopic (exact) mass is 277 g/mol. The fourth-order valence-electron chi connectivity index (χ4n) is 1.78. The number of nitrogens with two attached hydrogens (primary N) is 2. The van der Waals surface area contributed by atoms with Gasteiger partial charge in [-0.05, 0) is 19.1 Å². The van der Waals surface area contributed by atoms with Gasteiger partial charge in [-0.2, -0.15) is 0 Å². The minimum atomic E-state index is -0.479. The molecule has 0 fully saturated rings. The lowest BCUT2D eigenvalue weighted by atomic mass is 10.0. The van der Waals surface area contributed by atoms with Crippen LogP contribution in [0.5, 0.6) is 0 Å². The molecule has 0 saturated carbocycles. The summed E-state index contributed by atoms with van der Waals surface area (Å²) in [5, 5.41) is 0.534. The summed E-state index contributed by atoms with van der Waals surface area (Å²) in [6, 6.07) is 6.96. The molecule has 1 aromatic carbocycles. The summed E-state index contributed by atoms with van der Waals surface area (Å²) >= 11 is 5.94. The molecule has 0 bridgehead atoms. The number of benzene rings is 1. The Morgan fingerprint density at radius 3 is 2.74 bits per heavy atom. The highest BCUT2D eigenvalue weighted by molar-refractivity contribution is 6.30. The fraction of sp³-hybridized carbons (Fsp3) is 0.0833. The first-order valence-electron chi connectivity index (χ1n) is 5.44. The van der Waals surface area contributed by atoms with Crippen LogP contribution < -0.4 is 17.0 Å². The predicted octanol–water partition coefficient (Wildman–Crippen LogP) is 1.29. The van der Waals surface area contributed by atoms with Crippen molar-refractivity contribution in [2.24, 2.45) is 5.84 Å². The van der Waals surface area contributed by atoms with Gasteiger partial charge in [-0.3, -0.25) is 10.2 Å². The molecule has 6 nitrogen and oxygen atoms in total. The van der Waals surface area contributed by atoms with E-state index in [0.717, 1.165) is 0 Å². The van der Waals surface area contributed by atoms with E-state index >= 15 is 0 Å². The topological polar surface area (TPSA) is 107 Å². The molecule has 5 N–H and O–H groups in total. The maximum absolute atomic E-state index is 11.8. The Balaban J connectivity index is 2.71. The third-order valence-corrected chi connectivity index (χ3v) is 2.80. The lowest BCUT2D eigenvalue weighted by Gasteiger charge is -2.11. The second kappa shape index (κ2) is 5.21. The highest BCUT2D eigenvalue weighted by Crippen LogP contribution is 2.26. The number of anilines is 1. The van der Waals surface area contributed by atoms with Crippen LogP contribution in [-0.2, 0) is 0 Å². The van der Waals surface area contributed by atoms with E-state index in [0.29, 0.717) is 22.0 Å². The Morgan fingerprint density at radius 1 is 1.37 bits per heavy atom. The van der Waals surface area contributed by atoms with Gasteiger partial charge in [-0.25, -0.2) is 15.8 Å². The molecule has 1 amide bonds. The molecule has 0 aliphatic rings. The first-order chi connectivity index (χ1) is 9.02. The van der Waals surface area contributed by atoms with Gasteiger partial charge in [0.05, 0.1) is 17.0 Å². The zero-order valence-corrected chi connectivity index (χ0v) is 10.9. The van der Waals surface area contributed by atoms with Crippen molar-refractivity contribution in [1.29, 1.82) is 0 Å². The molecule has 0 aliphatic heterocycles. The van der Waals surface area contributed by atoms with Crippen LogP contribution in [0.4, 0.5) is 5.95 Å². The molecule has 0 unspecified atom stereocenters. The van der Waals surface area contributed by atoms with Gasteiger partial charge in [0.15, 0.2) is 0 Å². The zero-order valence-electron chi connectivity index (χ0n) is 10.1. The maximum Gasteiger partial charge on any atom is 0.269 e. The number of nitrogens with zero attached hydrogens (tertiary/aromatic N) is 2. The zero-order chi connectivity index (χ0) is 14.0. The molecule has 1 heterocycles. The number of hydrogen-bond acceptors (Lipinski definition) is 5. The van der Waals surface area contributed by atoms with Crippen LogP contribution in [0.15, 0.2) is 24.3 Å². The standard InChI is InChI=1S/C12H12ClN5O/c1-6-9(11(19)18-15)10(17-12(14)16-6)7-3-2-4-8(13)5-7/h2-5H,15H2,1H3,(H,18,19)(H2,14,16,17). The van der Waals surface area contributed by atoms with Crippen LogP contribution in [0.1, 0.15) is 16.1 Å². The maximum atomic E-state index is 11.8. The van der Waals surface area contributed by atoms with Gasteiger partial charge in [0, 0.05) is 10.6 Å². The van der Waals surface area contributed by atoms with Gasteiger partial charge >= 0.3 is 0 Å². The minimum absolute atomic E-state index is 0.0843. The van der Waals surface area contributed by atoms with Crippen molar-refractivity contribution < 1.29 is 4.79 Å². The van der Waals surface area contributed by atoms with Crippen molar-refractivity contribution in [3.8, 4) is 11.3 Å². The minimum Gasteiger partial charge on any atom is -0.368 e. The van der Waals surface area contributed by atoms with Crippen LogP contribution in [0.3, 0.4) is 0 Å². The van der Waals surface area contributed by atoms with Crippen LogP contribution in [0, 0.1) is 6.92 Å². The molecular formula is C12H12ClN5O. The van der Waals surface area contributed by atoms with E-state index in [9.17, 15) is 4.79 Å². The lowest BCUT2D eigenvalue weighted by molar-refractivity contribution is 0.0953. The third kappa shape index (κ3) is 2.64. The molecule has 7 heteroatoms. The molecule has 0 saturated heterocycles. The van der Waals surface area contributed by atoms with Crippen molar-refractivity contribution in [3.63, 3.8) is 0 Å². The number of carbonyl (C=O) groups is 1. The summed E-state index contributed by atoms with van der Waals surface area (Å²) in [7, 11) is 0. The van der Waals surface area contributed by atoms with E-state index in [1.165, 1.54) is 0 Å². The van der Waals surface area contributed by atoms with Gasteiger partial charge in [-0.15, -0.1) is 0 Å². The molecule has 0 radical (unpaired) electrons. The molecular weight excluding hydrogens is 266 g/mol. The Hall–Kier alpha value is -2.18. The van der Waals surface area contributed by atoms with Crippen LogP contribution >= 0.6 is 11.6 Å². The smallest absolute Gasteiger partial charge is 0.269 e. The van der Waals surface area contributed by atoms with Crippen LogP contribution in [0.25, 0.3) is 11.3 Å². The van der Waals surface area contributed by atoms with Crippen molar-refractivity contribution >= 4 is 23.5 Å². The van der Waals surface area contributed by atoms with E-state index < -0.39 is 5.91 Å². The second-order valence-electron chi connectivity index (χ2n) is 3.87. The average Bonchev–Trinajstić information content (AvgIpc) is 2.37. The first kappa shape index (κ1) is 13.3. The molecule has 98 valence electrons. The third-order valence-electron chi connectivity index (χ3n) is 2.56. The number of nitrogens with one attached hydrogen (secondary N) is 1. The Morgan fingerprint density at radius 2 is 2.11 bits per heavy atom. The molecule has 1 aromatic heterocycles. The molecule has 19 heavy (non-hydrogen) atoms. The van der Waals surface area contributed by atoms with Gasteiger partial charge < -0.3 is 5.73 Å². The number of nitrogen functional groups attached to an aromatic ring is 2. The van der Waals surface area contributed by atoms with Crippen molar-refractivity contribution in [3.05, 3.63) is 40.5 Å². The Kier molecular flexibility index (Phi) is 3.64. The number of hydrogen-bond donors (Lipinski definition) is 3. The summed E-state index contributed by atoms with van der Waals surface area (Å²) in [6.45, 7) is 1.66. The number of hydrazine groups is 1. The average molecular weight is 278 g/mol. The number of amides is 1. The number of halogens is 1. The number of rotatable bonds is 2. The highest BCUT2D eigenvalue weighted by atomic mass is 35.5. The molecule has 0 spiro atoms. The molecule has 2 rings (SSSR count). The quantitative estimate of drug-likeness (QED) is 0.436. The largest absolute Gasteiger partial charge is 0.368 e. The van der Waals surface area contributed by atoms with E-state index in [1.54, 1.807) is 31.2 Å².